The summed E-state index contributed by atoms with van der Waals surface area (Å²) in [5, 5.41) is 14.2. The number of benzene rings is 1. The predicted octanol–water partition coefficient (Wildman–Crippen LogP) is 1.96. The van der Waals surface area contributed by atoms with Crippen LogP contribution in [0.3, 0.4) is 0 Å². The Kier molecular flexibility index (Phi) is 6.94. The molecule has 1 heterocycles. The summed E-state index contributed by atoms with van der Waals surface area (Å²) in [5.41, 5.74) is 2.03. The van der Waals surface area contributed by atoms with E-state index >= 15 is 0 Å². The van der Waals surface area contributed by atoms with Gasteiger partial charge < -0.3 is 15.4 Å². The topological polar surface area (TPSA) is 81.1 Å². The number of nitrogens with zero attached hydrogens (tertiary/aromatic N) is 3. The minimum atomic E-state index is -0.182. The highest BCUT2D eigenvalue weighted by Crippen LogP contribution is 2.18. The zero-order valence-corrected chi connectivity index (χ0v) is 15.4. The molecule has 0 aliphatic carbocycles. The minimum absolute atomic E-state index is 0.127. The molecule has 7 nitrogen and oxygen atoms in total. The average molecular weight is 345 g/mol. The van der Waals surface area contributed by atoms with Crippen molar-refractivity contribution in [2.24, 2.45) is 0 Å². The van der Waals surface area contributed by atoms with Gasteiger partial charge in [-0.1, -0.05) is 12.1 Å². The summed E-state index contributed by atoms with van der Waals surface area (Å²) < 4.78 is 7.36. The molecule has 1 aromatic heterocycles. The maximum absolute atomic E-state index is 12.3. The summed E-state index contributed by atoms with van der Waals surface area (Å²) in [7, 11) is 1.89. The molecule has 0 unspecified atom stereocenters. The Morgan fingerprint density at radius 3 is 2.56 bits per heavy atom. The molecule has 0 aliphatic heterocycles. The van der Waals surface area contributed by atoms with Crippen molar-refractivity contribution >= 4 is 5.91 Å². The summed E-state index contributed by atoms with van der Waals surface area (Å²) in [6.45, 7) is 7.43. The molecule has 0 bridgehead atoms. The number of ether oxygens (including phenoxy) is 1. The first-order valence-corrected chi connectivity index (χ1v) is 8.71. The molecule has 0 radical (unpaired) electrons. The Hall–Kier alpha value is -2.41. The third-order valence-corrected chi connectivity index (χ3v) is 3.66. The monoisotopic (exact) mass is 345 g/mol. The van der Waals surface area contributed by atoms with Gasteiger partial charge in [0.15, 0.2) is 5.69 Å². The SMILES string of the molecule is CCc1c(C(=O)NCCCNC)nnn1-c1ccc(OC(C)C)cc1. The van der Waals surface area contributed by atoms with Gasteiger partial charge in [0.05, 0.1) is 17.5 Å². The fourth-order valence-electron chi connectivity index (χ4n) is 2.49. The number of nitrogens with one attached hydrogen (secondary N) is 2. The van der Waals surface area contributed by atoms with Gasteiger partial charge in [-0.05, 0) is 64.5 Å². The van der Waals surface area contributed by atoms with Gasteiger partial charge >= 0.3 is 0 Å². The van der Waals surface area contributed by atoms with E-state index in [-0.39, 0.29) is 12.0 Å². The highest BCUT2D eigenvalue weighted by atomic mass is 16.5. The maximum Gasteiger partial charge on any atom is 0.273 e. The number of hydrogen-bond acceptors (Lipinski definition) is 5. The van der Waals surface area contributed by atoms with Crippen molar-refractivity contribution in [1.82, 2.24) is 25.6 Å². The molecule has 25 heavy (non-hydrogen) atoms. The number of carbonyl (C=O) groups excluding carboxylic acids is 1. The molecule has 0 atom stereocenters. The van der Waals surface area contributed by atoms with Crippen molar-refractivity contribution in [2.45, 2.75) is 39.7 Å². The first-order valence-electron chi connectivity index (χ1n) is 8.71. The van der Waals surface area contributed by atoms with Gasteiger partial charge in [-0.15, -0.1) is 5.10 Å². The van der Waals surface area contributed by atoms with E-state index < -0.39 is 0 Å². The lowest BCUT2D eigenvalue weighted by atomic mass is 10.2. The number of carbonyl (C=O) groups is 1. The van der Waals surface area contributed by atoms with Crippen molar-refractivity contribution < 1.29 is 9.53 Å². The summed E-state index contributed by atoms with van der Waals surface area (Å²) in [6.07, 6.45) is 1.66. The average Bonchev–Trinajstić information content (AvgIpc) is 3.02. The highest BCUT2D eigenvalue weighted by molar-refractivity contribution is 5.93. The number of hydrogen-bond donors (Lipinski definition) is 2. The second-order valence-electron chi connectivity index (χ2n) is 6.02. The van der Waals surface area contributed by atoms with Crippen LogP contribution in [0.15, 0.2) is 24.3 Å². The Morgan fingerprint density at radius 1 is 1.24 bits per heavy atom. The molecule has 0 aliphatic rings. The van der Waals surface area contributed by atoms with Crippen molar-refractivity contribution in [2.75, 3.05) is 20.1 Å². The Morgan fingerprint density at radius 2 is 1.96 bits per heavy atom. The van der Waals surface area contributed by atoms with Crippen LogP contribution >= 0.6 is 0 Å². The zero-order valence-electron chi connectivity index (χ0n) is 15.4. The molecule has 0 saturated heterocycles. The van der Waals surface area contributed by atoms with Gasteiger partial charge in [0.25, 0.3) is 5.91 Å². The van der Waals surface area contributed by atoms with Crippen LogP contribution in [0.25, 0.3) is 5.69 Å². The zero-order chi connectivity index (χ0) is 18.2. The number of rotatable bonds is 9. The van der Waals surface area contributed by atoms with E-state index in [2.05, 4.69) is 20.9 Å². The standard InChI is InChI=1S/C18H27N5O2/c1-5-16-17(18(24)20-12-6-11-19-4)21-22-23(16)14-7-9-15(10-8-14)25-13(2)3/h7-10,13,19H,5-6,11-12H2,1-4H3,(H,20,24). The van der Waals surface area contributed by atoms with Crippen LogP contribution in [-0.4, -0.2) is 47.1 Å². The van der Waals surface area contributed by atoms with Crippen LogP contribution in [0.4, 0.5) is 0 Å². The normalized spacial score (nSPS) is 10.9. The maximum atomic E-state index is 12.3. The predicted molar refractivity (Wildman–Crippen MR) is 97.4 cm³/mol. The second-order valence-corrected chi connectivity index (χ2v) is 6.02. The summed E-state index contributed by atoms with van der Waals surface area (Å²) >= 11 is 0. The van der Waals surface area contributed by atoms with Gasteiger partial charge in [-0.2, -0.15) is 0 Å². The summed E-state index contributed by atoms with van der Waals surface area (Å²) in [6, 6.07) is 7.63. The number of amides is 1. The van der Waals surface area contributed by atoms with Crippen molar-refractivity contribution in [1.29, 1.82) is 0 Å². The van der Waals surface area contributed by atoms with Crippen molar-refractivity contribution in [3.8, 4) is 11.4 Å². The van der Waals surface area contributed by atoms with Gasteiger partial charge in [-0.3, -0.25) is 4.79 Å². The molecule has 0 fully saturated rings. The van der Waals surface area contributed by atoms with Gasteiger partial charge in [0.2, 0.25) is 0 Å². The molecular weight excluding hydrogens is 318 g/mol. The van der Waals surface area contributed by atoms with Gasteiger partial charge in [0.1, 0.15) is 5.75 Å². The summed E-state index contributed by atoms with van der Waals surface area (Å²) in [5.74, 6) is 0.623. The van der Waals surface area contributed by atoms with Crippen LogP contribution in [0.1, 0.15) is 43.4 Å². The van der Waals surface area contributed by atoms with Gasteiger partial charge in [-0.25, -0.2) is 4.68 Å². The van der Waals surface area contributed by atoms with E-state index in [1.165, 1.54) is 0 Å². The summed E-state index contributed by atoms with van der Waals surface area (Å²) in [4.78, 5) is 12.3. The Labute approximate surface area is 148 Å². The van der Waals surface area contributed by atoms with Crippen LogP contribution in [-0.2, 0) is 6.42 Å². The third kappa shape index (κ3) is 5.03. The Bertz CT molecular complexity index is 679. The van der Waals surface area contributed by atoms with Crippen LogP contribution in [0, 0.1) is 0 Å². The molecule has 2 N–H and O–H groups in total. The fourth-order valence-corrected chi connectivity index (χ4v) is 2.49. The van der Waals surface area contributed by atoms with Crippen molar-refractivity contribution in [3.63, 3.8) is 0 Å². The van der Waals surface area contributed by atoms with E-state index in [1.54, 1.807) is 4.68 Å². The lowest BCUT2D eigenvalue weighted by Crippen LogP contribution is -2.27. The highest BCUT2D eigenvalue weighted by Gasteiger charge is 2.19. The quantitative estimate of drug-likeness (QED) is 0.679. The molecule has 136 valence electrons. The molecule has 1 amide bonds. The van der Waals surface area contributed by atoms with E-state index in [0.717, 1.165) is 30.1 Å². The van der Waals surface area contributed by atoms with E-state index in [1.807, 2.05) is 52.1 Å². The van der Waals surface area contributed by atoms with Crippen LogP contribution in [0.5, 0.6) is 5.75 Å². The molecule has 2 aromatic rings. The van der Waals surface area contributed by atoms with E-state index in [9.17, 15) is 4.79 Å². The van der Waals surface area contributed by atoms with Gasteiger partial charge in [0, 0.05) is 6.54 Å². The minimum Gasteiger partial charge on any atom is -0.491 e. The van der Waals surface area contributed by atoms with Crippen LogP contribution in [0.2, 0.25) is 0 Å². The molecule has 7 heteroatoms. The molecular formula is C18H27N5O2. The third-order valence-electron chi connectivity index (χ3n) is 3.66. The Balaban J connectivity index is 2.14. The lowest BCUT2D eigenvalue weighted by Gasteiger charge is -2.11. The molecule has 0 spiro atoms. The fraction of sp³-hybridized carbons (Fsp3) is 0.500. The second kappa shape index (κ2) is 9.17. The lowest BCUT2D eigenvalue weighted by molar-refractivity contribution is 0.0947. The number of aromatic nitrogens is 3. The van der Waals surface area contributed by atoms with Crippen molar-refractivity contribution in [3.05, 3.63) is 35.7 Å². The van der Waals surface area contributed by atoms with E-state index in [0.29, 0.717) is 18.7 Å². The first-order chi connectivity index (χ1) is 12.1. The smallest absolute Gasteiger partial charge is 0.273 e. The first kappa shape index (κ1) is 18.9. The molecule has 0 saturated carbocycles. The molecule has 2 rings (SSSR count). The van der Waals surface area contributed by atoms with Crippen LogP contribution < -0.4 is 15.4 Å². The largest absolute Gasteiger partial charge is 0.491 e. The molecule has 1 aromatic carbocycles. The van der Waals surface area contributed by atoms with E-state index in [4.69, 9.17) is 4.74 Å².